The molecule has 0 aliphatic rings. The number of hydrogen-bond acceptors (Lipinski definition) is 5. The van der Waals surface area contributed by atoms with Crippen molar-refractivity contribution in [3.05, 3.63) is 36.5 Å². The van der Waals surface area contributed by atoms with Crippen molar-refractivity contribution in [1.29, 1.82) is 0 Å². The molecule has 5 N–H and O–H groups in total. The Labute approximate surface area is 379 Å². The lowest BCUT2D eigenvalue weighted by molar-refractivity contribution is -0.132. The van der Waals surface area contributed by atoms with Crippen LogP contribution in [-0.4, -0.2) is 57.3 Å². The first-order chi connectivity index (χ1) is 30.0. The predicted molar refractivity (Wildman–Crippen MR) is 265 cm³/mol. The van der Waals surface area contributed by atoms with E-state index in [0.717, 1.165) is 44.9 Å². The average Bonchev–Trinajstić information content (AvgIpc) is 3.26. The van der Waals surface area contributed by atoms with Gasteiger partial charge in [0, 0.05) is 0 Å². The minimum atomic E-state index is -1.28. The topological polar surface area (TPSA) is 110 Å². The summed E-state index contributed by atoms with van der Waals surface area (Å²) in [5.74, 6) is -0.592. The zero-order valence-electron chi connectivity index (χ0n) is 40.7. The van der Waals surface area contributed by atoms with E-state index in [2.05, 4.69) is 55.6 Å². The summed E-state index contributed by atoms with van der Waals surface area (Å²) in [5, 5.41) is 43.8. The van der Waals surface area contributed by atoms with Gasteiger partial charge in [-0.05, 0) is 70.6 Å². The minimum absolute atomic E-state index is 0.363. The van der Waals surface area contributed by atoms with Crippen LogP contribution in [0.2, 0.25) is 0 Å². The number of unbranched alkanes of at least 4 members (excludes halogenated alkanes) is 34. The Hall–Kier alpha value is -1.47. The summed E-state index contributed by atoms with van der Waals surface area (Å²) < 4.78 is 0. The van der Waals surface area contributed by atoms with Gasteiger partial charge in [0.25, 0.3) is 0 Å². The maximum absolute atomic E-state index is 12.6. The standard InChI is InChI=1S/C55H105NO5/c1-3-5-7-9-11-13-15-17-19-20-21-22-23-24-25-26-27-28-29-30-31-32-33-35-37-39-41-43-45-47-49-53(59)55(61)56-51(50-57)54(60)52(58)48-46-44-42-40-38-36-34-18-16-14-12-10-8-6-4-2/h21-22,24-25,40,42,51-54,57-60H,3-20,23,26-39,41,43-50H2,1-2H3,(H,56,61)/b22-21-,25-24-,42-40+. The third-order valence-electron chi connectivity index (χ3n) is 12.6. The number of aliphatic hydroxyl groups is 4. The first kappa shape index (κ1) is 59.5. The molecular weight excluding hydrogens is 755 g/mol. The molecule has 0 heterocycles. The monoisotopic (exact) mass is 860 g/mol. The molecule has 0 saturated heterocycles. The molecule has 0 fully saturated rings. The number of allylic oxidation sites excluding steroid dienone is 6. The first-order valence-electron chi connectivity index (χ1n) is 26.9. The Morgan fingerprint density at radius 1 is 0.410 bits per heavy atom. The number of carbonyl (C=O) groups excluding carboxylic acids is 1. The van der Waals surface area contributed by atoms with E-state index >= 15 is 0 Å². The fraction of sp³-hybridized carbons (Fsp3) is 0.873. The smallest absolute Gasteiger partial charge is 0.249 e. The van der Waals surface area contributed by atoms with E-state index in [1.165, 1.54) is 205 Å². The summed E-state index contributed by atoms with van der Waals surface area (Å²) in [4.78, 5) is 12.6. The molecule has 61 heavy (non-hydrogen) atoms. The highest BCUT2D eigenvalue weighted by atomic mass is 16.3. The summed E-state index contributed by atoms with van der Waals surface area (Å²) in [6.45, 7) is 4.05. The summed E-state index contributed by atoms with van der Waals surface area (Å²) in [5.41, 5.74) is 0. The number of hydrogen-bond donors (Lipinski definition) is 5. The molecule has 6 nitrogen and oxygen atoms in total. The molecule has 6 heteroatoms. The molecule has 0 aromatic heterocycles. The third-order valence-corrected chi connectivity index (χ3v) is 12.6. The SMILES string of the molecule is CCCCCCCCCCC/C=C\C/C=C\CCCCCCCCCCCCCCCCC(O)C(=O)NC(CO)C(O)C(O)CCC/C=C/CCCCCCCCCCCC. The van der Waals surface area contributed by atoms with Crippen LogP contribution in [0.1, 0.15) is 277 Å². The average molecular weight is 860 g/mol. The molecule has 0 rings (SSSR count). The maximum atomic E-state index is 12.6. The van der Waals surface area contributed by atoms with Crippen molar-refractivity contribution in [2.75, 3.05) is 6.61 Å². The van der Waals surface area contributed by atoms with Gasteiger partial charge in [0.15, 0.2) is 0 Å². The second kappa shape index (κ2) is 49.5. The Morgan fingerprint density at radius 3 is 1.08 bits per heavy atom. The minimum Gasteiger partial charge on any atom is -0.394 e. The second-order valence-corrected chi connectivity index (χ2v) is 18.6. The lowest BCUT2D eigenvalue weighted by Crippen LogP contribution is -2.53. The third kappa shape index (κ3) is 43.6. The van der Waals surface area contributed by atoms with Gasteiger partial charge in [-0.15, -0.1) is 0 Å². The molecule has 0 saturated carbocycles. The molecule has 0 aromatic rings. The van der Waals surface area contributed by atoms with Gasteiger partial charge in [0.05, 0.1) is 18.8 Å². The number of aliphatic hydroxyl groups excluding tert-OH is 4. The number of rotatable bonds is 49. The molecule has 0 aliphatic heterocycles. The fourth-order valence-corrected chi connectivity index (χ4v) is 8.32. The normalized spacial score (nSPS) is 14.1. The first-order valence-corrected chi connectivity index (χ1v) is 26.9. The van der Waals surface area contributed by atoms with Crippen LogP contribution in [0.5, 0.6) is 0 Å². The van der Waals surface area contributed by atoms with Crippen molar-refractivity contribution in [3.8, 4) is 0 Å². The van der Waals surface area contributed by atoms with Crippen LogP contribution in [0.3, 0.4) is 0 Å². The lowest BCUT2D eigenvalue weighted by atomic mass is 10.00. The van der Waals surface area contributed by atoms with Gasteiger partial charge in [-0.3, -0.25) is 4.79 Å². The zero-order valence-corrected chi connectivity index (χ0v) is 40.7. The van der Waals surface area contributed by atoms with Crippen LogP contribution in [0, 0.1) is 0 Å². The van der Waals surface area contributed by atoms with Crippen LogP contribution in [-0.2, 0) is 4.79 Å². The van der Waals surface area contributed by atoms with Crippen molar-refractivity contribution in [1.82, 2.24) is 5.32 Å². The van der Waals surface area contributed by atoms with E-state index in [1.807, 2.05) is 0 Å². The highest BCUT2D eigenvalue weighted by Crippen LogP contribution is 2.17. The van der Waals surface area contributed by atoms with Crippen LogP contribution in [0.4, 0.5) is 0 Å². The van der Waals surface area contributed by atoms with Gasteiger partial charge in [0.1, 0.15) is 12.2 Å². The molecule has 0 spiro atoms. The number of carbonyl (C=O) groups is 1. The number of nitrogens with one attached hydrogen (secondary N) is 1. The fourth-order valence-electron chi connectivity index (χ4n) is 8.32. The van der Waals surface area contributed by atoms with Crippen LogP contribution in [0.25, 0.3) is 0 Å². The second-order valence-electron chi connectivity index (χ2n) is 18.6. The van der Waals surface area contributed by atoms with Gasteiger partial charge in [-0.1, -0.05) is 243 Å². The zero-order chi connectivity index (χ0) is 44.5. The van der Waals surface area contributed by atoms with Crippen molar-refractivity contribution in [2.45, 2.75) is 301 Å². The lowest BCUT2D eigenvalue weighted by Gasteiger charge is -2.27. The summed E-state index contributed by atoms with van der Waals surface area (Å²) in [6.07, 6.45) is 60.7. The van der Waals surface area contributed by atoms with Gasteiger partial charge in [-0.25, -0.2) is 0 Å². The highest BCUT2D eigenvalue weighted by molar-refractivity contribution is 5.80. The molecule has 0 radical (unpaired) electrons. The van der Waals surface area contributed by atoms with E-state index < -0.39 is 36.9 Å². The molecule has 0 aromatic carbocycles. The molecule has 4 unspecified atom stereocenters. The Morgan fingerprint density at radius 2 is 0.721 bits per heavy atom. The largest absolute Gasteiger partial charge is 0.394 e. The molecule has 4 atom stereocenters. The van der Waals surface area contributed by atoms with Crippen LogP contribution in [0.15, 0.2) is 36.5 Å². The molecular formula is C55H105NO5. The molecule has 360 valence electrons. The van der Waals surface area contributed by atoms with Gasteiger partial charge >= 0.3 is 0 Å². The van der Waals surface area contributed by atoms with E-state index in [0.29, 0.717) is 12.8 Å². The van der Waals surface area contributed by atoms with Gasteiger partial charge in [-0.2, -0.15) is 0 Å². The van der Waals surface area contributed by atoms with E-state index in [4.69, 9.17) is 0 Å². The maximum Gasteiger partial charge on any atom is 0.249 e. The van der Waals surface area contributed by atoms with E-state index in [1.54, 1.807) is 0 Å². The highest BCUT2D eigenvalue weighted by Gasteiger charge is 2.28. The summed E-state index contributed by atoms with van der Waals surface area (Å²) in [7, 11) is 0. The molecule has 0 aliphatic carbocycles. The Balaban J connectivity index is 3.63. The van der Waals surface area contributed by atoms with Gasteiger partial charge in [0.2, 0.25) is 5.91 Å². The van der Waals surface area contributed by atoms with Crippen molar-refractivity contribution >= 4 is 5.91 Å². The van der Waals surface area contributed by atoms with E-state index in [9.17, 15) is 25.2 Å². The quantitative estimate of drug-likeness (QED) is 0.0309. The van der Waals surface area contributed by atoms with Gasteiger partial charge < -0.3 is 25.7 Å². The number of amides is 1. The van der Waals surface area contributed by atoms with E-state index in [-0.39, 0.29) is 0 Å². The van der Waals surface area contributed by atoms with Crippen molar-refractivity contribution in [3.63, 3.8) is 0 Å². The predicted octanol–water partition coefficient (Wildman–Crippen LogP) is 15.2. The summed E-state index contributed by atoms with van der Waals surface area (Å²) >= 11 is 0. The Bertz CT molecular complexity index is 966. The van der Waals surface area contributed by atoms with Crippen LogP contribution >= 0.6 is 0 Å². The van der Waals surface area contributed by atoms with Crippen LogP contribution < -0.4 is 5.32 Å². The molecule has 0 bridgehead atoms. The summed E-state index contributed by atoms with van der Waals surface area (Å²) in [6, 6.07) is -1.00. The Kier molecular flexibility index (Phi) is 48.3. The van der Waals surface area contributed by atoms with Crippen molar-refractivity contribution < 1.29 is 25.2 Å². The van der Waals surface area contributed by atoms with Crippen molar-refractivity contribution in [2.24, 2.45) is 0 Å². The molecule has 1 amide bonds.